The highest BCUT2D eigenvalue weighted by Crippen LogP contribution is 1.88. The van der Waals surface area contributed by atoms with Crippen molar-refractivity contribution in [1.82, 2.24) is 5.32 Å². The molecule has 0 fully saturated rings. The molecule has 4 heteroatoms. The summed E-state index contributed by atoms with van der Waals surface area (Å²) in [4.78, 5) is 11.0. The molecule has 1 amide bonds. The number of nitrogens with two attached hydrogens (primary N) is 1. The summed E-state index contributed by atoms with van der Waals surface area (Å²) >= 11 is 0. The van der Waals surface area contributed by atoms with E-state index in [2.05, 4.69) is 5.32 Å². The van der Waals surface area contributed by atoms with E-state index in [0.717, 1.165) is 0 Å². The predicted molar refractivity (Wildman–Crippen MR) is 47.6 cm³/mol. The summed E-state index contributed by atoms with van der Waals surface area (Å²) in [5.41, 5.74) is 5.46. The Hall–Kier alpha value is -0.610. The minimum absolute atomic E-state index is 0.141. The molecule has 0 aromatic heterocycles. The third-order valence-corrected chi connectivity index (χ3v) is 1.64. The van der Waals surface area contributed by atoms with Crippen LogP contribution in [0, 0.1) is 0 Å². The molecule has 72 valence electrons. The van der Waals surface area contributed by atoms with Crippen molar-refractivity contribution in [3.8, 4) is 0 Å². The summed E-state index contributed by atoms with van der Waals surface area (Å²) in [5.74, 6) is -0.141. The van der Waals surface area contributed by atoms with Gasteiger partial charge < -0.3 is 16.2 Å². The lowest BCUT2D eigenvalue weighted by atomic mass is 10.2. The topological polar surface area (TPSA) is 75.4 Å². The Balaban J connectivity index is 3.44. The van der Waals surface area contributed by atoms with Gasteiger partial charge in [0.1, 0.15) is 0 Å². The Morgan fingerprint density at radius 3 is 2.67 bits per heavy atom. The maximum Gasteiger partial charge on any atom is 0.236 e. The molecule has 0 aliphatic carbocycles. The molecule has 0 bridgehead atoms. The lowest BCUT2D eigenvalue weighted by Gasteiger charge is -2.10. The van der Waals surface area contributed by atoms with Gasteiger partial charge >= 0.3 is 0 Å². The Morgan fingerprint density at radius 2 is 2.25 bits per heavy atom. The van der Waals surface area contributed by atoms with Crippen LogP contribution in [0.25, 0.3) is 0 Å². The van der Waals surface area contributed by atoms with Crippen molar-refractivity contribution in [2.24, 2.45) is 5.73 Å². The van der Waals surface area contributed by atoms with Crippen LogP contribution < -0.4 is 11.1 Å². The average molecular weight is 174 g/mol. The lowest BCUT2D eigenvalue weighted by Crippen LogP contribution is -2.40. The van der Waals surface area contributed by atoms with E-state index in [-0.39, 0.29) is 12.0 Å². The van der Waals surface area contributed by atoms with Crippen LogP contribution in [-0.2, 0) is 4.79 Å². The van der Waals surface area contributed by atoms with Crippen LogP contribution in [0.2, 0.25) is 0 Å². The number of carbonyl (C=O) groups excluding carboxylic acids is 1. The van der Waals surface area contributed by atoms with E-state index < -0.39 is 6.04 Å². The highest BCUT2D eigenvalue weighted by Gasteiger charge is 2.09. The minimum atomic E-state index is -0.418. The summed E-state index contributed by atoms with van der Waals surface area (Å²) < 4.78 is 0. The quantitative estimate of drug-likeness (QED) is 0.531. The first-order chi connectivity index (χ1) is 5.57. The second kappa shape index (κ2) is 5.97. The zero-order chi connectivity index (χ0) is 9.56. The Bertz CT molecular complexity index is 137. The van der Waals surface area contributed by atoms with E-state index in [1.807, 2.05) is 6.92 Å². The van der Waals surface area contributed by atoms with Crippen molar-refractivity contribution in [2.75, 3.05) is 6.54 Å². The number of aliphatic hydroxyl groups excluding tert-OH is 1. The van der Waals surface area contributed by atoms with E-state index in [1.54, 1.807) is 6.92 Å². The van der Waals surface area contributed by atoms with Crippen molar-refractivity contribution in [3.05, 3.63) is 0 Å². The zero-order valence-corrected chi connectivity index (χ0v) is 7.71. The molecule has 0 aliphatic heterocycles. The molecule has 0 aromatic carbocycles. The highest BCUT2D eigenvalue weighted by atomic mass is 16.3. The second-order valence-electron chi connectivity index (χ2n) is 2.94. The second-order valence-corrected chi connectivity index (χ2v) is 2.94. The number of amides is 1. The standard InChI is InChI=1S/C8H18N2O2/c1-3-7(9)8(12)10-5-4-6(2)11/h6-7,11H,3-5,9H2,1-2H3,(H,10,12). The fourth-order valence-corrected chi connectivity index (χ4v) is 0.721. The minimum Gasteiger partial charge on any atom is -0.393 e. The zero-order valence-electron chi connectivity index (χ0n) is 7.71. The molecule has 0 radical (unpaired) electrons. The first-order valence-electron chi connectivity index (χ1n) is 4.29. The van der Waals surface area contributed by atoms with Gasteiger partial charge in [0.15, 0.2) is 0 Å². The lowest BCUT2D eigenvalue weighted by molar-refractivity contribution is -0.122. The third kappa shape index (κ3) is 5.09. The van der Waals surface area contributed by atoms with Gasteiger partial charge in [-0.25, -0.2) is 0 Å². The van der Waals surface area contributed by atoms with Gasteiger partial charge in [-0.1, -0.05) is 6.92 Å². The molecule has 0 aliphatic rings. The van der Waals surface area contributed by atoms with Crippen molar-refractivity contribution in [3.63, 3.8) is 0 Å². The van der Waals surface area contributed by atoms with E-state index in [4.69, 9.17) is 10.8 Å². The van der Waals surface area contributed by atoms with E-state index in [9.17, 15) is 4.79 Å². The molecule has 0 rings (SSSR count). The van der Waals surface area contributed by atoms with Crippen LogP contribution in [0.5, 0.6) is 0 Å². The van der Waals surface area contributed by atoms with Gasteiger partial charge in [0.05, 0.1) is 12.1 Å². The Morgan fingerprint density at radius 1 is 1.67 bits per heavy atom. The van der Waals surface area contributed by atoms with Crippen LogP contribution in [0.15, 0.2) is 0 Å². The van der Waals surface area contributed by atoms with Gasteiger partial charge in [-0.3, -0.25) is 4.79 Å². The molecule has 0 saturated heterocycles. The van der Waals surface area contributed by atoms with Crippen molar-refractivity contribution in [1.29, 1.82) is 0 Å². The van der Waals surface area contributed by atoms with Crippen molar-refractivity contribution < 1.29 is 9.90 Å². The van der Waals surface area contributed by atoms with Crippen LogP contribution in [0.1, 0.15) is 26.7 Å². The monoisotopic (exact) mass is 174 g/mol. The van der Waals surface area contributed by atoms with Gasteiger partial charge in [0.2, 0.25) is 5.91 Å². The molecule has 0 spiro atoms. The number of nitrogens with one attached hydrogen (secondary N) is 1. The maximum atomic E-state index is 11.0. The van der Waals surface area contributed by atoms with Gasteiger partial charge in [0.25, 0.3) is 0 Å². The van der Waals surface area contributed by atoms with Crippen LogP contribution in [0.4, 0.5) is 0 Å². The van der Waals surface area contributed by atoms with E-state index in [1.165, 1.54) is 0 Å². The molecule has 0 aromatic rings. The van der Waals surface area contributed by atoms with Crippen LogP contribution in [0.3, 0.4) is 0 Å². The number of hydrogen-bond donors (Lipinski definition) is 3. The summed E-state index contributed by atoms with van der Waals surface area (Å²) in [6.45, 7) is 4.04. The largest absolute Gasteiger partial charge is 0.393 e. The van der Waals surface area contributed by atoms with Gasteiger partial charge in [-0.05, 0) is 19.8 Å². The first kappa shape index (κ1) is 11.4. The number of rotatable bonds is 5. The summed E-state index contributed by atoms with van der Waals surface area (Å²) in [7, 11) is 0. The van der Waals surface area contributed by atoms with Gasteiger partial charge in [-0.15, -0.1) is 0 Å². The molecule has 4 nitrogen and oxygen atoms in total. The fourth-order valence-electron chi connectivity index (χ4n) is 0.721. The van der Waals surface area contributed by atoms with E-state index >= 15 is 0 Å². The van der Waals surface area contributed by atoms with Crippen LogP contribution in [-0.4, -0.2) is 29.7 Å². The molecule has 0 heterocycles. The summed E-state index contributed by atoms with van der Waals surface area (Å²) in [6.07, 6.45) is 0.839. The number of aliphatic hydroxyl groups is 1. The maximum absolute atomic E-state index is 11.0. The normalized spacial score (nSPS) is 15.3. The molecular weight excluding hydrogens is 156 g/mol. The van der Waals surface area contributed by atoms with Gasteiger partial charge in [-0.2, -0.15) is 0 Å². The van der Waals surface area contributed by atoms with Crippen LogP contribution >= 0.6 is 0 Å². The number of carbonyl (C=O) groups is 1. The molecular formula is C8H18N2O2. The van der Waals surface area contributed by atoms with Crippen molar-refractivity contribution >= 4 is 5.91 Å². The average Bonchev–Trinajstić information content (AvgIpc) is 2.02. The molecule has 4 N–H and O–H groups in total. The molecule has 2 atom stereocenters. The smallest absolute Gasteiger partial charge is 0.236 e. The predicted octanol–water partition coefficient (Wildman–Crippen LogP) is -0.389. The molecule has 12 heavy (non-hydrogen) atoms. The molecule has 0 saturated carbocycles. The number of hydrogen-bond acceptors (Lipinski definition) is 3. The van der Waals surface area contributed by atoms with E-state index in [0.29, 0.717) is 19.4 Å². The summed E-state index contributed by atoms with van der Waals surface area (Å²) in [6, 6.07) is -0.418. The Kier molecular flexibility index (Phi) is 5.66. The third-order valence-electron chi connectivity index (χ3n) is 1.64. The summed E-state index contributed by atoms with van der Waals surface area (Å²) in [5, 5.41) is 11.5. The molecule has 2 unspecified atom stereocenters. The Labute approximate surface area is 73.1 Å². The van der Waals surface area contributed by atoms with Gasteiger partial charge in [0, 0.05) is 6.54 Å². The highest BCUT2D eigenvalue weighted by molar-refractivity contribution is 5.81. The first-order valence-corrected chi connectivity index (χ1v) is 4.29. The fraction of sp³-hybridized carbons (Fsp3) is 0.875. The SMILES string of the molecule is CCC(N)C(=O)NCCC(C)O. The van der Waals surface area contributed by atoms with Crippen molar-refractivity contribution in [2.45, 2.75) is 38.8 Å².